The van der Waals surface area contributed by atoms with Gasteiger partial charge in [-0.1, -0.05) is 13.8 Å². The summed E-state index contributed by atoms with van der Waals surface area (Å²) in [4.78, 5) is 5.29. The zero-order chi connectivity index (χ0) is 14.4. The second kappa shape index (κ2) is 7.74. The number of likely N-dealkylation sites (N-methyl/N-ethyl adjacent to an activating group) is 1. The lowest BCUT2D eigenvalue weighted by Gasteiger charge is -2.40. The zero-order valence-electron chi connectivity index (χ0n) is 13.7. The Labute approximate surface area is 124 Å². The molecule has 20 heavy (non-hydrogen) atoms. The van der Waals surface area contributed by atoms with Crippen LogP contribution in [-0.4, -0.2) is 75.4 Å². The average Bonchev–Trinajstić information content (AvgIpc) is 2.89. The van der Waals surface area contributed by atoms with Gasteiger partial charge in [-0.05, 0) is 45.9 Å². The summed E-state index contributed by atoms with van der Waals surface area (Å²) in [6.45, 7) is 13.6. The van der Waals surface area contributed by atoms with Crippen molar-refractivity contribution in [3.8, 4) is 0 Å². The van der Waals surface area contributed by atoms with Crippen LogP contribution in [0.4, 0.5) is 0 Å². The van der Waals surface area contributed by atoms with E-state index in [4.69, 9.17) is 4.74 Å². The second-order valence-electron chi connectivity index (χ2n) is 6.59. The van der Waals surface area contributed by atoms with Crippen LogP contribution in [0.25, 0.3) is 0 Å². The molecule has 2 saturated heterocycles. The molecule has 1 N–H and O–H groups in total. The van der Waals surface area contributed by atoms with Crippen LogP contribution in [0, 0.1) is 5.41 Å². The van der Waals surface area contributed by atoms with Gasteiger partial charge in [0.2, 0.25) is 0 Å². The highest BCUT2D eigenvalue weighted by atomic mass is 16.5. The summed E-state index contributed by atoms with van der Waals surface area (Å²) in [5, 5.41) is 3.39. The smallest absolute Gasteiger partial charge is 0.0546 e. The molecule has 0 amide bonds. The lowest BCUT2D eigenvalue weighted by molar-refractivity contribution is -0.0229. The monoisotopic (exact) mass is 283 g/mol. The third-order valence-electron chi connectivity index (χ3n) is 5.09. The Morgan fingerprint density at radius 3 is 2.75 bits per heavy atom. The van der Waals surface area contributed by atoms with Crippen LogP contribution in [-0.2, 0) is 4.74 Å². The van der Waals surface area contributed by atoms with E-state index in [9.17, 15) is 0 Å². The fourth-order valence-corrected chi connectivity index (χ4v) is 4.07. The molecule has 0 aromatic carbocycles. The van der Waals surface area contributed by atoms with E-state index in [2.05, 4.69) is 36.0 Å². The molecule has 0 aromatic rings. The van der Waals surface area contributed by atoms with E-state index >= 15 is 0 Å². The van der Waals surface area contributed by atoms with E-state index in [-0.39, 0.29) is 0 Å². The molecule has 4 nitrogen and oxygen atoms in total. The van der Waals surface area contributed by atoms with E-state index in [0.29, 0.717) is 5.41 Å². The Hall–Kier alpha value is -0.160. The predicted molar refractivity (Wildman–Crippen MR) is 84.2 cm³/mol. The molecule has 0 bridgehead atoms. The van der Waals surface area contributed by atoms with Crippen LogP contribution >= 0.6 is 0 Å². The molecule has 2 fully saturated rings. The maximum absolute atomic E-state index is 5.79. The summed E-state index contributed by atoms with van der Waals surface area (Å²) in [7, 11) is 2.07. The molecule has 0 spiro atoms. The summed E-state index contributed by atoms with van der Waals surface area (Å²) in [5.41, 5.74) is 0.338. The summed E-state index contributed by atoms with van der Waals surface area (Å²) < 4.78 is 5.79. The molecule has 2 aliphatic rings. The Morgan fingerprint density at radius 2 is 2.15 bits per heavy atom. The van der Waals surface area contributed by atoms with Crippen molar-refractivity contribution in [2.24, 2.45) is 5.41 Å². The van der Waals surface area contributed by atoms with Crippen molar-refractivity contribution in [3.05, 3.63) is 0 Å². The molecular formula is C16H33N3O. The normalized spacial score (nSPS) is 32.1. The van der Waals surface area contributed by atoms with Crippen LogP contribution in [0.3, 0.4) is 0 Å². The molecule has 0 aromatic heterocycles. The number of ether oxygens (including phenoxy) is 1. The van der Waals surface area contributed by atoms with Crippen molar-refractivity contribution in [1.82, 2.24) is 15.1 Å². The van der Waals surface area contributed by atoms with Crippen molar-refractivity contribution in [2.75, 3.05) is 59.5 Å². The van der Waals surface area contributed by atoms with Crippen LogP contribution in [0.15, 0.2) is 0 Å². The average molecular weight is 283 g/mol. The van der Waals surface area contributed by atoms with Gasteiger partial charge in [0, 0.05) is 37.7 Å². The Kier molecular flexibility index (Phi) is 6.27. The van der Waals surface area contributed by atoms with Crippen LogP contribution in [0.5, 0.6) is 0 Å². The van der Waals surface area contributed by atoms with Crippen LogP contribution in [0.2, 0.25) is 0 Å². The van der Waals surface area contributed by atoms with Crippen molar-refractivity contribution in [2.45, 2.75) is 39.2 Å². The largest absolute Gasteiger partial charge is 0.381 e. The number of likely N-dealkylation sites (tertiary alicyclic amines) is 1. The fraction of sp³-hybridized carbons (Fsp3) is 1.00. The lowest BCUT2D eigenvalue weighted by atomic mass is 9.82. The molecular weight excluding hydrogens is 250 g/mol. The van der Waals surface area contributed by atoms with Gasteiger partial charge in [0.1, 0.15) is 0 Å². The van der Waals surface area contributed by atoms with Gasteiger partial charge in [0.15, 0.2) is 0 Å². The molecule has 2 atom stereocenters. The number of nitrogens with zero attached hydrogens (tertiary/aromatic N) is 2. The molecule has 0 radical (unpaired) electrons. The Morgan fingerprint density at radius 1 is 1.35 bits per heavy atom. The molecule has 2 rings (SSSR count). The number of hydrogen-bond acceptors (Lipinski definition) is 4. The summed E-state index contributed by atoms with van der Waals surface area (Å²) >= 11 is 0. The summed E-state index contributed by atoms with van der Waals surface area (Å²) in [5.74, 6) is 0. The first-order valence-electron chi connectivity index (χ1n) is 8.42. The SMILES string of the molecule is CCN(CC)C1CCN(CC2(CNC)CCCOC2)C1. The maximum Gasteiger partial charge on any atom is 0.0546 e. The van der Waals surface area contributed by atoms with E-state index < -0.39 is 0 Å². The van der Waals surface area contributed by atoms with Gasteiger partial charge in [0.05, 0.1) is 6.61 Å². The van der Waals surface area contributed by atoms with Gasteiger partial charge < -0.3 is 15.0 Å². The topological polar surface area (TPSA) is 27.7 Å². The van der Waals surface area contributed by atoms with Gasteiger partial charge >= 0.3 is 0 Å². The number of nitrogens with one attached hydrogen (secondary N) is 1. The minimum atomic E-state index is 0.338. The highest BCUT2D eigenvalue weighted by Crippen LogP contribution is 2.30. The fourth-order valence-electron chi connectivity index (χ4n) is 4.07. The first kappa shape index (κ1) is 16.2. The molecule has 2 aliphatic heterocycles. The quantitative estimate of drug-likeness (QED) is 0.765. The zero-order valence-corrected chi connectivity index (χ0v) is 13.7. The molecule has 0 aliphatic carbocycles. The Bertz CT molecular complexity index is 269. The lowest BCUT2D eigenvalue weighted by Crippen LogP contribution is -2.48. The van der Waals surface area contributed by atoms with Crippen molar-refractivity contribution < 1.29 is 4.74 Å². The summed E-state index contributed by atoms with van der Waals surface area (Å²) in [6, 6.07) is 0.765. The first-order chi connectivity index (χ1) is 9.73. The van der Waals surface area contributed by atoms with Gasteiger partial charge in [-0.25, -0.2) is 0 Å². The number of hydrogen-bond donors (Lipinski definition) is 1. The van der Waals surface area contributed by atoms with Crippen LogP contribution in [0.1, 0.15) is 33.1 Å². The maximum atomic E-state index is 5.79. The van der Waals surface area contributed by atoms with Gasteiger partial charge in [0.25, 0.3) is 0 Å². The highest BCUT2D eigenvalue weighted by Gasteiger charge is 2.37. The minimum Gasteiger partial charge on any atom is -0.381 e. The van der Waals surface area contributed by atoms with Crippen molar-refractivity contribution >= 4 is 0 Å². The predicted octanol–water partition coefficient (Wildman–Crippen LogP) is 1.42. The minimum absolute atomic E-state index is 0.338. The molecule has 2 unspecified atom stereocenters. The Balaban J connectivity index is 1.88. The van der Waals surface area contributed by atoms with E-state index in [0.717, 1.165) is 25.8 Å². The van der Waals surface area contributed by atoms with Gasteiger partial charge in [-0.2, -0.15) is 0 Å². The molecule has 4 heteroatoms. The third kappa shape index (κ3) is 3.94. The third-order valence-corrected chi connectivity index (χ3v) is 5.09. The van der Waals surface area contributed by atoms with E-state index in [1.807, 2.05) is 0 Å². The van der Waals surface area contributed by atoms with Crippen molar-refractivity contribution in [3.63, 3.8) is 0 Å². The first-order valence-corrected chi connectivity index (χ1v) is 8.42. The van der Waals surface area contributed by atoms with Gasteiger partial charge in [-0.3, -0.25) is 4.90 Å². The second-order valence-corrected chi connectivity index (χ2v) is 6.59. The van der Waals surface area contributed by atoms with Crippen LogP contribution < -0.4 is 5.32 Å². The van der Waals surface area contributed by atoms with E-state index in [1.54, 1.807) is 0 Å². The number of rotatable bonds is 7. The molecule has 118 valence electrons. The summed E-state index contributed by atoms with van der Waals surface area (Å²) in [6.07, 6.45) is 3.85. The van der Waals surface area contributed by atoms with E-state index in [1.165, 1.54) is 52.0 Å². The highest BCUT2D eigenvalue weighted by molar-refractivity contribution is 4.91. The standard InChI is InChI=1S/C16H33N3O/c1-4-19(5-2)15-7-9-18(11-15)13-16(12-17-3)8-6-10-20-14-16/h15,17H,4-14H2,1-3H3. The molecule has 2 heterocycles. The van der Waals surface area contributed by atoms with Gasteiger partial charge in [-0.15, -0.1) is 0 Å². The van der Waals surface area contributed by atoms with Crippen molar-refractivity contribution in [1.29, 1.82) is 0 Å². The molecule has 0 saturated carbocycles.